The molecule has 0 amide bonds. The van der Waals surface area contributed by atoms with E-state index >= 15 is 0 Å². The van der Waals surface area contributed by atoms with Crippen molar-refractivity contribution in [3.63, 3.8) is 0 Å². The molecular formula is C25H29CaF3N2O5. The van der Waals surface area contributed by atoms with Gasteiger partial charge in [0.2, 0.25) is 5.88 Å². The number of aliphatic carboxylic acids is 1. The molecular weight excluding hydrogens is 505 g/mol. The van der Waals surface area contributed by atoms with E-state index in [4.69, 9.17) is 14.2 Å². The first-order valence-electron chi connectivity index (χ1n) is 11.0. The molecule has 0 aliphatic heterocycles. The van der Waals surface area contributed by atoms with Crippen LogP contribution in [0.3, 0.4) is 0 Å². The molecule has 0 bridgehead atoms. The summed E-state index contributed by atoms with van der Waals surface area (Å²) in [7, 11) is 0. The number of aromatic nitrogens is 2. The fourth-order valence-corrected chi connectivity index (χ4v) is 3.18. The Hall–Kier alpha value is -2.43. The van der Waals surface area contributed by atoms with Crippen LogP contribution in [0.2, 0.25) is 0 Å². The Kier molecular flexibility index (Phi) is 10.5. The van der Waals surface area contributed by atoms with E-state index in [0.29, 0.717) is 49.1 Å². The van der Waals surface area contributed by atoms with Gasteiger partial charge in [-0.15, -0.1) is 5.10 Å². The third-order valence-corrected chi connectivity index (χ3v) is 5.04. The van der Waals surface area contributed by atoms with Crippen molar-refractivity contribution in [2.24, 2.45) is 0 Å². The van der Waals surface area contributed by atoms with Gasteiger partial charge in [-0.1, -0.05) is 6.07 Å². The first-order valence-corrected chi connectivity index (χ1v) is 11.0. The Morgan fingerprint density at radius 1 is 1.06 bits per heavy atom. The second kappa shape index (κ2) is 12.7. The van der Waals surface area contributed by atoms with Gasteiger partial charge < -0.3 is 19.3 Å². The number of nitrogens with zero attached hydrogens (tertiary/aromatic N) is 2. The number of hydrogen-bond acceptors (Lipinski definition) is 5. The monoisotopic (exact) mass is 534 g/mol. The molecule has 0 fully saturated rings. The number of carboxylic acids is 1. The van der Waals surface area contributed by atoms with Crippen LogP contribution in [0.15, 0.2) is 54.7 Å². The third-order valence-electron chi connectivity index (χ3n) is 5.04. The fourth-order valence-electron chi connectivity index (χ4n) is 3.18. The van der Waals surface area contributed by atoms with Crippen molar-refractivity contribution in [3.8, 4) is 23.1 Å². The maximum absolute atomic E-state index is 12.8. The Morgan fingerprint density at radius 2 is 1.72 bits per heavy atom. The van der Waals surface area contributed by atoms with Crippen molar-refractivity contribution in [2.45, 2.75) is 45.4 Å². The third kappa shape index (κ3) is 8.04. The normalized spacial score (nSPS) is 11.5. The van der Waals surface area contributed by atoms with Gasteiger partial charge in [-0.2, -0.15) is 13.2 Å². The molecule has 0 unspecified atom stereocenters. The first kappa shape index (κ1) is 29.8. The summed E-state index contributed by atoms with van der Waals surface area (Å²) >= 11 is 0. The number of halogens is 3. The van der Waals surface area contributed by atoms with Crippen LogP contribution in [0, 0.1) is 0 Å². The van der Waals surface area contributed by atoms with Crippen LogP contribution in [-0.4, -0.2) is 77.4 Å². The van der Waals surface area contributed by atoms with Gasteiger partial charge in [0.05, 0.1) is 24.5 Å². The topological polar surface area (TPSA) is 82.8 Å². The second-order valence-corrected chi connectivity index (χ2v) is 8.23. The van der Waals surface area contributed by atoms with E-state index in [2.05, 4.69) is 5.10 Å². The summed E-state index contributed by atoms with van der Waals surface area (Å²) in [5.74, 6) is 0.255. The average Bonchev–Trinajstić information content (AvgIpc) is 3.19. The zero-order valence-corrected chi connectivity index (χ0v) is 19.6. The van der Waals surface area contributed by atoms with Crippen molar-refractivity contribution in [3.05, 3.63) is 65.9 Å². The molecule has 0 saturated heterocycles. The summed E-state index contributed by atoms with van der Waals surface area (Å²) in [6, 6.07) is 11.5. The molecule has 1 aromatic heterocycles. The van der Waals surface area contributed by atoms with Crippen molar-refractivity contribution < 1.29 is 37.3 Å². The molecule has 0 atom stereocenters. The predicted octanol–water partition coefficient (Wildman–Crippen LogP) is 4.63. The Morgan fingerprint density at radius 3 is 2.33 bits per heavy atom. The molecule has 192 valence electrons. The van der Waals surface area contributed by atoms with Crippen LogP contribution in [0.1, 0.15) is 38.3 Å². The minimum atomic E-state index is -4.40. The molecule has 3 aromatic rings. The fraction of sp³-hybridized carbons (Fsp3) is 0.360. The molecule has 3 rings (SSSR count). The van der Waals surface area contributed by atoms with Gasteiger partial charge >= 0.3 is 49.9 Å². The summed E-state index contributed by atoms with van der Waals surface area (Å²) < 4.78 is 56.9. The van der Waals surface area contributed by atoms with Gasteiger partial charge in [0.1, 0.15) is 11.5 Å². The van der Waals surface area contributed by atoms with E-state index in [1.807, 2.05) is 6.92 Å². The number of carbonyl (C=O) groups is 1. The molecule has 1 N–H and O–H groups in total. The van der Waals surface area contributed by atoms with E-state index in [-0.39, 0.29) is 37.7 Å². The zero-order chi connectivity index (χ0) is 25.6. The predicted molar refractivity (Wildman–Crippen MR) is 131 cm³/mol. The van der Waals surface area contributed by atoms with Gasteiger partial charge in [0.15, 0.2) is 5.60 Å². The number of carboxylic acid groups (broad SMARTS) is 1. The van der Waals surface area contributed by atoms with Crippen molar-refractivity contribution in [1.29, 1.82) is 0 Å². The van der Waals surface area contributed by atoms with Crippen LogP contribution in [-0.2, 0) is 17.4 Å². The zero-order valence-electron chi connectivity index (χ0n) is 19.6. The number of ether oxygens (including phenoxy) is 3. The van der Waals surface area contributed by atoms with Crippen LogP contribution in [0.25, 0.3) is 5.69 Å². The Bertz CT molecular complexity index is 1150. The molecule has 36 heavy (non-hydrogen) atoms. The average molecular weight is 535 g/mol. The maximum atomic E-state index is 12.8. The van der Waals surface area contributed by atoms with Crippen molar-refractivity contribution >= 4 is 43.7 Å². The second-order valence-electron chi connectivity index (χ2n) is 8.23. The van der Waals surface area contributed by atoms with Crippen molar-refractivity contribution in [2.75, 3.05) is 13.2 Å². The van der Waals surface area contributed by atoms with E-state index in [0.717, 1.165) is 17.7 Å². The van der Waals surface area contributed by atoms with E-state index in [1.54, 1.807) is 30.5 Å². The number of rotatable bonds is 11. The molecule has 1 heterocycles. The SMILES string of the molecule is CCOc1nn(-c2ccc(C(F)(F)F)cc2)cc1CCCOc1cccc(OC(C)(C)C(=O)O)c1.[CaH2]. The minimum absolute atomic E-state index is 0. The quantitative estimate of drug-likeness (QED) is 0.285. The number of benzene rings is 2. The van der Waals surface area contributed by atoms with Crippen molar-refractivity contribution in [1.82, 2.24) is 9.78 Å². The number of hydrogen-bond donors (Lipinski definition) is 1. The molecule has 2 aromatic carbocycles. The van der Waals surface area contributed by atoms with Gasteiger partial charge in [0.25, 0.3) is 0 Å². The standard InChI is InChI=1S/C25H27F3N2O5.Ca.2H/c1-4-33-22-17(16-30(29-22)19-12-10-18(11-13-19)25(26,27)28)7-6-14-34-20-8-5-9-21(15-20)35-24(2,3)23(31)32;;;/h5,8-13,15-16H,4,6-7,14H2,1-3H3,(H,31,32);;;. The summed E-state index contributed by atoms with van der Waals surface area (Å²) in [6.07, 6.45) is -1.49. The molecule has 7 nitrogen and oxygen atoms in total. The number of alkyl halides is 3. The Labute approximate surface area is 237 Å². The van der Waals surface area contributed by atoms with E-state index in [1.165, 1.54) is 30.7 Å². The summed E-state index contributed by atoms with van der Waals surface area (Å²) in [4.78, 5) is 11.3. The van der Waals surface area contributed by atoms with Crippen LogP contribution in [0.4, 0.5) is 13.2 Å². The first-order chi connectivity index (χ1) is 16.5. The molecule has 0 aliphatic carbocycles. The van der Waals surface area contributed by atoms with E-state index in [9.17, 15) is 23.1 Å². The summed E-state index contributed by atoms with van der Waals surface area (Å²) in [6.45, 7) is 5.51. The van der Waals surface area contributed by atoms with Crippen LogP contribution in [0.5, 0.6) is 17.4 Å². The van der Waals surface area contributed by atoms with Crippen LogP contribution < -0.4 is 14.2 Å². The summed E-state index contributed by atoms with van der Waals surface area (Å²) in [5.41, 5.74) is -0.809. The molecule has 0 aliphatic rings. The summed E-state index contributed by atoms with van der Waals surface area (Å²) in [5, 5.41) is 13.6. The van der Waals surface area contributed by atoms with E-state index < -0.39 is 23.3 Å². The van der Waals surface area contributed by atoms with Crippen LogP contribution >= 0.6 is 0 Å². The van der Waals surface area contributed by atoms with Gasteiger partial charge in [-0.3, -0.25) is 0 Å². The van der Waals surface area contributed by atoms with Gasteiger partial charge in [-0.05, 0) is 70.0 Å². The molecule has 0 spiro atoms. The molecule has 11 heteroatoms. The van der Waals surface area contributed by atoms with Gasteiger partial charge in [0, 0.05) is 17.8 Å². The molecule has 0 radical (unpaired) electrons. The number of aryl methyl sites for hydroxylation is 1. The Balaban J connectivity index is 0.00000456. The van der Waals surface area contributed by atoms with Gasteiger partial charge in [-0.25, -0.2) is 9.48 Å². The molecule has 0 saturated carbocycles.